The summed E-state index contributed by atoms with van der Waals surface area (Å²) >= 11 is 0. The van der Waals surface area contributed by atoms with Crippen LogP contribution < -0.4 is 4.72 Å². The van der Waals surface area contributed by atoms with Crippen molar-refractivity contribution in [3.8, 4) is 6.07 Å². The van der Waals surface area contributed by atoms with Gasteiger partial charge >= 0.3 is 0 Å². The Bertz CT molecular complexity index is 441. The van der Waals surface area contributed by atoms with Crippen LogP contribution in [0.3, 0.4) is 0 Å². The van der Waals surface area contributed by atoms with Crippen LogP contribution >= 0.6 is 0 Å². The van der Waals surface area contributed by atoms with Crippen molar-refractivity contribution in [2.45, 2.75) is 57.4 Å². The molecular weight excluding hydrogens is 262 g/mol. The van der Waals surface area contributed by atoms with E-state index in [0.717, 1.165) is 32.1 Å². The Morgan fingerprint density at radius 3 is 2.32 bits per heavy atom. The molecule has 0 aromatic heterocycles. The first-order valence-corrected chi connectivity index (χ1v) is 8.62. The molecule has 2 fully saturated rings. The third-order valence-electron chi connectivity index (χ3n) is 4.33. The van der Waals surface area contributed by atoms with E-state index in [1.165, 1.54) is 4.31 Å². The standard InChI is InChI=1S/C13H23N3O2S/c1-12-5-9-16(10-6-12)19(17,18)15-13(11-14)7-3-2-4-8-13/h12,15H,2-10H2,1H3. The van der Waals surface area contributed by atoms with Crippen LogP contribution in [0.15, 0.2) is 0 Å². The van der Waals surface area contributed by atoms with Gasteiger partial charge in [-0.15, -0.1) is 0 Å². The molecule has 19 heavy (non-hydrogen) atoms. The topological polar surface area (TPSA) is 73.2 Å². The van der Waals surface area contributed by atoms with E-state index in [4.69, 9.17) is 0 Å². The first-order chi connectivity index (χ1) is 8.97. The summed E-state index contributed by atoms with van der Waals surface area (Å²) in [6.07, 6.45) is 6.01. The minimum Gasteiger partial charge on any atom is -0.196 e. The van der Waals surface area contributed by atoms with Crippen LogP contribution in [0.5, 0.6) is 0 Å². The van der Waals surface area contributed by atoms with Crippen molar-refractivity contribution in [3.05, 3.63) is 0 Å². The number of rotatable bonds is 3. The molecule has 6 heteroatoms. The Balaban J connectivity index is 2.05. The van der Waals surface area contributed by atoms with Gasteiger partial charge in [0.15, 0.2) is 0 Å². The Morgan fingerprint density at radius 1 is 1.21 bits per heavy atom. The number of nitrogens with zero attached hydrogens (tertiary/aromatic N) is 2. The van der Waals surface area contributed by atoms with Crippen molar-refractivity contribution in [1.82, 2.24) is 9.03 Å². The Labute approximate surface area is 116 Å². The zero-order chi connectivity index (χ0) is 13.9. The molecule has 2 rings (SSSR count). The molecule has 0 aromatic carbocycles. The van der Waals surface area contributed by atoms with Crippen molar-refractivity contribution in [1.29, 1.82) is 5.26 Å². The minimum absolute atomic E-state index is 0.567. The Morgan fingerprint density at radius 2 is 1.79 bits per heavy atom. The summed E-state index contributed by atoms with van der Waals surface area (Å²) in [5, 5.41) is 9.35. The van der Waals surface area contributed by atoms with Crippen LogP contribution in [0, 0.1) is 17.2 Å². The summed E-state index contributed by atoms with van der Waals surface area (Å²) in [7, 11) is -3.52. The van der Waals surface area contributed by atoms with Gasteiger partial charge in [-0.25, -0.2) is 0 Å². The smallest absolute Gasteiger partial charge is 0.196 e. The molecule has 0 atom stereocenters. The largest absolute Gasteiger partial charge is 0.280 e. The highest BCUT2D eigenvalue weighted by Crippen LogP contribution is 2.29. The van der Waals surface area contributed by atoms with Crippen LogP contribution in [0.2, 0.25) is 0 Å². The fourth-order valence-corrected chi connectivity index (χ4v) is 4.49. The number of hydrogen-bond acceptors (Lipinski definition) is 3. The van der Waals surface area contributed by atoms with Crippen LogP contribution in [0.4, 0.5) is 0 Å². The maximum atomic E-state index is 12.4. The summed E-state index contributed by atoms with van der Waals surface area (Å²) in [5.41, 5.74) is -0.875. The van der Waals surface area contributed by atoms with Gasteiger partial charge in [0.1, 0.15) is 5.54 Å². The first kappa shape index (κ1) is 14.8. The first-order valence-electron chi connectivity index (χ1n) is 7.18. The summed E-state index contributed by atoms with van der Waals surface area (Å²) in [5.74, 6) is 0.589. The molecule has 1 heterocycles. The van der Waals surface area contributed by atoms with Gasteiger partial charge in [-0.1, -0.05) is 26.2 Å². The van der Waals surface area contributed by atoms with Crippen molar-refractivity contribution in [2.75, 3.05) is 13.1 Å². The lowest BCUT2D eigenvalue weighted by molar-refractivity contribution is 0.272. The van der Waals surface area contributed by atoms with Crippen LogP contribution in [0.1, 0.15) is 51.9 Å². The molecule has 0 amide bonds. The van der Waals surface area contributed by atoms with Gasteiger partial charge in [-0.3, -0.25) is 0 Å². The molecule has 0 radical (unpaired) electrons. The third-order valence-corrected chi connectivity index (χ3v) is 6.02. The molecule has 1 aliphatic carbocycles. The second-order valence-electron chi connectivity index (χ2n) is 5.94. The van der Waals surface area contributed by atoms with Crippen molar-refractivity contribution in [3.63, 3.8) is 0 Å². The van der Waals surface area contributed by atoms with Crippen molar-refractivity contribution < 1.29 is 8.42 Å². The van der Waals surface area contributed by atoms with Gasteiger partial charge in [0.2, 0.25) is 0 Å². The molecular formula is C13H23N3O2S. The van der Waals surface area contributed by atoms with E-state index in [1.807, 2.05) is 0 Å². The average molecular weight is 285 g/mol. The van der Waals surface area contributed by atoms with Gasteiger partial charge in [-0.2, -0.15) is 22.7 Å². The summed E-state index contributed by atoms with van der Waals surface area (Å²) < 4.78 is 29.0. The third kappa shape index (κ3) is 3.47. The van der Waals surface area contributed by atoms with Gasteiger partial charge in [0.05, 0.1) is 6.07 Å². The molecule has 108 valence electrons. The Kier molecular flexibility index (Phi) is 4.49. The van der Waals surface area contributed by atoms with Crippen LogP contribution in [-0.2, 0) is 10.2 Å². The second kappa shape index (κ2) is 5.78. The minimum atomic E-state index is -3.52. The Hall–Kier alpha value is -0.640. The van der Waals surface area contributed by atoms with E-state index in [0.29, 0.717) is 31.8 Å². The highest BCUT2D eigenvalue weighted by molar-refractivity contribution is 7.87. The maximum absolute atomic E-state index is 12.4. The zero-order valence-corrected chi connectivity index (χ0v) is 12.4. The molecule has 0 unspecified atom stereocenters. The molecule has 0 aromatic rings. The average Bonchev–Trinajstić information content (AvgIpc) is 2.40. The molecule has 2 aliphatic rings. The van der Waals surface area contributed by atoms with Crippen molar-refractivity contribution in [2.24, 2.45) is 5.92 Å². The molecule has 0 bridgehead atoms. The van der Waals surface area contributed by atoms with Gasteiger partial charge in [0, 0.05) is 13.1 Å². The molecule has 0 spiro atoms. The fourth-order valence-electron chi connectivity index (χ4n) is 2.93. The molecule has 1 saturated heterocycles. The zero-order valence-electron chi connectivity index (χ0n) is 11.6. The van der Waals surface area contributed by atoms with E-state index in [-0.39, 0.29) is 0 Å². The van der Waals surface area contributed by atoms with E-state index >= 15 is 0 Å². The highest BCUT2D eigenvalue weighted by Gasteiger charge is 2.38. The number of piperidine rings is 1. The monoisotopic (exact) mass is 285 g/mol. The molecule has 1 saturated carbocycles. The van der Waals surface area contributed by atoms with E-state index in [2.05, 4.69) is 17.7 Å². The SMILES string of the molecule is CC1CCN(S(=O)(=O)NC2(C#N)CCCCC2)CC1. The summed E-state index contributed by atoms with van der Waals surface area (Å²) in [4.78, 5) is 0. The number of hydrogen-bond donors (Lipinski definition) is 1. The lowest BCUT2D eigenvalue weighted by atomic mass is 9.84. The summed E-state index contributed by atoms with van der Waals surface area (Å²) in [6.45, 7) is 3.28. The highest BCUT2D eigenvalue weighted by atomic mass is 32.2. The summed E-state index contributed by atoms with van der Waals surface area (Å²) in [6, 6.07) is 2.20. The molecule has 1 aliphatic heterocycles. The second-order valence-corrected chi connectivity index (χ2v) is 7.61. The van der Waals surface area contributed by atoms with Crippen LogP contribution in [-0.4, -0.2) is 31.4 Å². The van der Waals surface area contributed by atoms with Gasteiger partial charge < -0.3 is 0 Å². The quantitative estimate of drug-likeness (QED) is 0.859. The number of nitriles is 1. The predicted octanol–water partition coefficient (Wildman–Crippen LogP) is 1.78. The predicted molar refractivity (Wildman–Crippen MR) is 73.5 cm³/mol. The lowest BCUT2D eigenvalue weighted by Gasteiger charge is -2.35. The van der Waals surface area contributed by atoms with E-state index in [9.17, 15) is 13.7 Å². The van der Waals surface area contributed by atoms with E-state index in [1.54, 1.807) is 0 Å². The van der Waals surface area contributed by atoms with Crippen molar-refractivity contribution >= 4 is 10.2 Å². The molecule has 1 N–H and O–H groups in total. The van der Waals surface area contributed by atoms with Crippen LogP contribution in [0.25, 0.3) is 0 Å². The fraction of sp³-hybridized carbons (Fsp3) is 0.923. The molecule has 5 nitrogen and oxygen atoms in total. The normalized spacial score (nSPS) is 25.9. The van der Waals surface area contributed by atoms with E-state index < -0.39 is 15.7 Å². The lowest BCUT2D eigenvalue weighted by Crippen LogP contribution is -2.54. The maximum Gasteiger partial charge on any atom is 0.280 e. The number of nitrogens with one attached hydrogen (secondary N) is 1. The van der Waals surface area contributed by atoms with Gasteiger partial charge in [-0.05, 0) is 31.6 Å². The van der Waals surface area contributed by atoms with Gasteiger partial charge in [0.25, 0.3) is 10.2 Å².